The van der Waals surface area contributed by atoms with Crippen molar-refractivity contribution in [1.82, 2.24) is 24.5 Å². The lowest BCUT2D eigenvalue weighted by Gasteiger charge is -2.15. The second-order valence-corrected chi connectivity index (χ2v) is 6.06. The molecule has 0 atom stereocenters. The van der Waals surface area contributed by atoms with Crippen LogP contribution < -0.4 is 5.73 Å². The van der Waals surface area contributed by atoms with Crippen LogP contribution in [0.1, 0.15) is 11.6 Å². The number of rotatable bonds is 4. The van der Waals surface area contributed by atoms with Gasteiger partial charge in [0.15, 0.2) is 5.82 Å². The van der Waals surface area contributed by atoms with Gasteiger partial charge < -0.3 is 5.73 Å². The molecule has 2 aromatic heterocycles. The topological polar surface area (TPSA) is 118 Å². The molecule has 0 unspecified atom stereocenters. The third-order valence-electron chi connectivity index (χ3n) is 2.47. The largest absolute Gasteiger partial charge is 0.384 e. The maximum atomic E-state index is 12.3. The standard InChI is InChI=1S/C10H14N6O2S/c1-7-13-10(15-14-7)6-16(2)19(17,18)8-3-4-12-9(11)5-8/h3-5H,6H2,1-2H3,(H2,11,12)(H,13,14,15). The van der Waals surface area contributed by atoms with Crippen LogP contribution in [0.15, 0.2) is 23.2 Å². The molecule has 0 aromatic carbocycles. The summed E-state index contributed by atoms with van der Waals surface area (Å²) in [5, 5.41) is 6.56. The van der Waals surface area contributed by atoms with Gasteiger partial charge in [0, 0.05) is 19.3 Å². The summed E-state index contributed by atoms with van der Waals surface area (Å²) in [6, 6.07) is 2.71. The number of nitrogens with zero attached hydrogens (tertiary/aromatic N) is 4. The number of nitrogens with one attached hydrogen (secondary N) is 1. The van der Waals surface area contributed by atoms with Crippen molar-refractivity contribution in [2.75, 3.05) is 12.8 Å². The highest BCUT2D eigenvalue weighted by Crippen LogP contribution is 2.16. The van der Waals surface area contributed by atoms with Crippen LogP contribution in [0.3, 0.4) is 0 Å². The molecule has 2 aromatic rings. The Labute approximate surface area is 110 Å². The summed E-state index contributed by atoms with van der Waals surface area (Å²) in [7, 11) is -2.17. The fraction of sp³-hybridized carbons (Fsp3) is 0.300. The Hall–Kier alpha value is -2.00. The molecule has 2 rings (SSSR count). The van der Waals surface area contributed by atoms with Crippen molar-refractivity contribution < 1.29 is 8.42 Å². The number of aromatic nitrogens is 4. The van der Waals surface area contributed by atoms with Crippen LogP contribution in [0, 0.1) is 6.92 Å². The van der Waals surface area contributed by atoms with E-state index in [0.717, 1.165) is 4.31 Å². The van der Waals surface area contributed by atoms with E-state index in [9.17, 15) is 8.42 Å². The van der Waals surface area contributed by atoms with E-state index in [1.54, 1.807) is 6.92 Å². The molecule has 0 aliphatic heterocycles. The quantitative estimate of drug-likeness (QED) is 0.809. The molecule has 0 saturated heterocycles. The van der Waals surface area contributed by atoms with Crippen molar-refractivity contribution in [2.24, 2.45) is 0 Å². The average Bonchev–Trinajstić information content (AvgIpc) is 2.74. The summed E-state index contributed by atoms with van der Waals surface area (Å²) in [5.74, 6) is 1.20. The number of pyridine rings is 1. The van der Waals surface area contributed by atoms with Crippen LogP contribution in [-0.4, -0.2) is 39.9 Å². The Kier molecular flexibility index (Phi) is 3.49. The summed E-state index contributed by atoms with van der Waals surface area (Å²) in [5.41, 5.74) is 5.49. The van der Waals surface area contributed by atoms with E-state index >= 15 is 0 Å². The third kappa shape index (κ3) is 2.88. The Morgan fingerprint density at radius 1 is 1.47 bits per heavy atom. The minimum absolute atomic E-state index is 0.0783. The maximum Gasteiger partial charge on any atom is 0.243 e. The number of nitrogen functional groups attached to an aromatic ring is 1. The lowest BCUT2D eigenvalue weighted by atomic mass is 10.5. The summed E-state index contributed by atoms with van der Waals surface area (Å²) in [4.78, 5) is 7.92. The fourth-order valence-corrected chi connectivity index (χ4v) is 2.66. The Morgan fingerprint density at radius 2 is 2.21 bits per heavy atom. The zero-order valence-electron chi connectivity index (χ0n) is 10.5. The molecule has 19 heavy (non-hydrogen) atoms. The predicted molar refractivity (Wildman–Crippen MR) is 68.4 cm³/mol. The number of hydrogen-bond acceptors (Lipinski definition) is 6. The molecule has 0 fully saturated rings. The van der Waals surface area contributed by atoms with Gasteiger partial charge in [-0.15, -0.1) is 0 Å². The monoisotopic (exact) mass is 282 g/mol. The van der Waals surface area contributed by atoms with E-state index in [1.807, 2.05) is 0 Å². The molecule has 8 nitrogen and oxygen atoms in total. The molecule has 0 amide bonds. The molecule has 0 spiro atoms. The highest BCUT2D eigenvalue weighted by Gasteiger charge is 2.22. The molecular weight excluding hydrogens is 268 g/mol. The van der Waals surface area contributed by atoms with Crippen LogP contribution in [-0.2, 0) is 16.6 Å². The zero-order valence-corrected chi connectivity index (χ0v) is 11.3. The molecule has 0 aliphatic carbocycles. The minimum atomic E-state index is -3.63. The molecule has 102 valence electrons. The van der Waals surface area contributed by atoms with Crippen molar-refractivity contribution in [2.45, 2.75) is 18.4 Å². The number of sulfonamides is 1. The van der Waals surface area contributed by atoms with E-state index in [2.05, 4.69) is 20.2 Å². The van der Waals surface area contributed by atoms with Crippen LogP contribution >= 0.6 is 0 Å². The minimum Gasteiger partial charge on any atom is -0.384 e. The molecule has 3 N–H and O–H groups in total. The van der Waals surface area contributed by atoms with Gasteiger partial charge in [0.2, 0.25) is 10.0 Å². The van der Waals surface area contributed by atoms with Gasteiger partial charge >= 0.3 is 0 Å². The van der Waals surface area contributed by atoms with Crippen molar-refractivity contribution in [3.63, 3.8) is 0 Å². The van der Waals surface area contributed by atoms with E-state index < -0.39 is 10.0 Å². The molecule has 0 saturated carbocycles. The first-order chi connectivity index (χ1) is 8.89. The number of hydrogen-bond donors (Lipinski definition) is 2. The smallest absolute Gasteiger partial charge is 0.243 e. The summed E-state index contributed by atoms with van der Waals surface area (Å²) in [6.45, 7) is 1.82. The average molecular weight is 282 g/mol. The highest BCUT2D eigenvalue weighted by atomic mass is 32.2. The van der Waals surface area contributed by atoms with E-state index in [-0.39, 0.29) is 17.3 Å². The fourth-order valence-electron chi connectivity index (χ4n) is 1.51. The van der Waals surface area contributed by atoms with Gasteiger partial charge in [-0.25, -0.2) is 18.4 Å². The Balaban J connectivity index is 2.24. The molecule has 0 bridgehead atoms. The van der Waals surface area contributed by atoms with E-state index in [0.29, 0.717) is 11.6 Å². The number of anilines is 1. The number of aryl methyl sites for hydroxylation is 1. The van der Waals surface area contributed by atoms with Gasteiger partial charge in [-0.05, 0) is 13.0 Å². The maximum absolute atomic E-state index is 12.3. The molecular formula is C10H14N6O2S. The third-order valence-corrected chi connectivity index (χ3v) is 4.27. The molecule has 0 radical (unpaired) electrons. The predicted octanol–water partition coefficient (Wildman–Crippen LogP) is -0.0890. The van der Waals surface area contributed by atoms with Crippen LogP contribution in [0.4, 0.5) is 5.82 Å². The summed E-state index contributed by atoms with van der Waals surface area (Å²) in [6.07, 6.45) is 1.35. The normalized spacial score (nSPS) is 11.9. The Morgan fingerprint density at radius 3 is 2.79 bits per heavy atom. The van der Waals surface area contributed by atoms with Crippen molar-refractivity contribution in [3.05, 3.63) is 30.0 Å². The van der Waals surface area contributed by atoms with Crippen LogP contribution in [0.5, 0.6) is 0 Å². The first-order valence-corrected chi connectivity index (χ1v) is 6.89. The number of H-pyrrole nitrogens is 1. The summed E-state index contributed by atoms with van der Waals surface area (Å²) >= 11 is 0. The highest BCUT2D eigenvalue weighted by molar-refractivity contribution is 7.89. The first-order valence-electron chi connectivity index (χ1n) is 5.45. The zero-order chi connectivity index (χ0) is 14.0. The number of nitrogens with two attached hydrogens (primary N) is 1. The van der Waals surface area contributed by atoms with Gasteiger partial charge in [0.05, 0.1) is 11.4 Å². The Bertz CT molecular complexity index is 681. The van der Waals surface area contributed by atoms with Gasteiger partial charge in [-0.2, -0.15) is 9.40 Å². The lowest BCUT2D eigenvalue weighted by Crippen LogP contribution is -2.27. The molecule has 0 aliphatic rings. The van der Waals surface area contributed by atoms with Crippen LogP contribution in [0.25, 0.3) is 0 Å². The van der Waals surface area contributed by atoms with Gasteiger partial charge in [0.25, 0.3) is 0 Å². The second kappa shape index (κ2) is 4.94. The lowest BCUT2D eigenvalue weighted by molar-refractivity contribution is 0.457. The van der Waals surface area contributed by atoms with Crippen LogP contribution in [0.2, 0.25) is 0 Å². The first kappa shape index (κ1) is 13.4. The number of aromatic amines is 1. The SMILES string of the molecule is Cc1nc(CN(C)S(=O)(=O)c2ccnc(N)c2)n[nH]1. The van der Waals surface area contributed by atoms with Crippen molar-refractivity contribution >= 4 is 15.8 Å². The van der Waals surface area contributed by atoms with Gasteiger partial charge in [-0.1, -0.05) is 0 Å². The van der Waals surface area contributed by atoms with Crippen molar-refractivity contribution in [1.29, 1.82) is 0 Å². The second-order valence-electron chi connectivity index (χ2n) is 4.01. The molecule has 9 heteroatoms. The van der Waals surface area contributed by atoms with E-state index in [1.165, 1.54) is 25.4 Å². The van der Waals surface area contributed by atoms with E-state index in [4.69, 9.17) is 5.73 Å². The van der Waals surface area contributed by atoms with Crippen molar-refractivity contribution in [3.8, 4) is 0 Å². The summed E-state index contributed by atoms with van der Waals surface area (Å²) < 4.78 is 25.7. The molecule has 2 heterocycles. The van der Waals surface area contributed by atoms with Gasteiger partial charge in [-0.3, -0.25) is 5.10 Å². The van der Waals surface area contributed by atoms with Gasteiger partial charge in [0.1, 0.15) is 11.6 Å².